The first-order chi connectivity index (χ1) is 29.8. The molecule has 278 valence electrons. The van der Waals surface area contributed by atoms with Gasteiger partial charge in [0, 0.05) is 58.1 Å². The highest BCUT2D eigenvalue weighted by Crippen LogP contribution is 2.48. The lowest BCUT2D eigenvalue weighted by molar-refractivity contribution is 1.05. The first kappa shape index (κ1) is 33.1. The first-order valence-electron chi connectivity index (χ1n) is 20.3. The molecule has 4 nitrogen and oxygen atoms in total. The quantitative estimate of drug-likeness (QED) is 0.175. The van der Waals surface area contributed by atoms with Gasteiger partial charge in [0.1, 0.15) is 0 Å². The number of para-hydroxylation sites is 6. The molecule has 0 aliphatic rings. The Kier molecular flexibility index (Phi) is 6.92. The topological polar surface area (TPSA) is 38.6 Å². The standard InChI is InChI=1S/C55H32N4S/c56-33-35-32-50(57-44-22-8-1-15-36(44)37-16-2-9-23-45(37)57)54(58-46-24-10-3-17-38(46)39-18-4-11-25-47(39)58)55(59-48-26-12-5-19-40(48)41-20-6-13-27-49(41)59)53(35)34-29-30-52-43(31-34)42-21-7-14-28-51(42)60-52/h1-32H. The van der Waals surface area contributed by atoms with Crippen molar-refractivity contribution in [3.05, 3.63) is 200 Å². The van der Waals surface area contributed by atoms with Crippen LogP contribution in [-0.4, -0.2) is 13.7 Å². The maximum Gasteiger partial charge on any atom is 0.0999 e. The smallest absolute Gasteiger partial charge is 0.0999 e. The van der Waals surface area contributed by atoms with Gasteiger partial charge < -0.3 is 13.7 Å². The van der Waals surface area contributed by atoms with Crippen LogP contribution in [0, 0.1) is 11.3 Å². The van der Waals surface area contributed by atoms with Crippen molar-refractivity contribution >= 4 is 96.9 Å². The van der Waals surface area contributed by atoms with Crippen molar-refractivity contribution in [2.45, 2.75) is 0 Å². The molecule has 0 atom stereocenters. The zero-order valence-corrected chi connectivity index (χ0v) is 33.0. The van der Waals surface area contributed by atoms with Gasteiger partial charge in [-0.15, -0.1) is 11.3 Å². The van der Waals surface area contributed by atoms with E-state index in [4.69, 9.17) is 0 Å². The molecule has 5 heteroatoms. The fourth-order valence-electron chi connectivity index (χ4n) is 10.0. The van der Waals surface area contributed by atoms with Crippen LogP contribution in [0.1, 0.15) is 5.56 Å². The molecule has 0 saturated carbocycles. The average molecular weight is 781 g/mol. The lowest BCUT2D eigenvalue weighted by atomic mass is 9.93. The number of hydrogen-bond donors (Lipinski definition) is 0. The monoisotopic (exact) mass is 780 g/mol. The number of nitrogens with zero attached hydrogens (tertiary/aromatic N) is 4. The van der Waals surface area contributed by atoms with Gasteiger partial charge in [0.2, 0.25) is 0 Å². The van der Waals surface area contributed by atoms with E-state index in [2.05, 4.69) is 214 Å². The summed E-state index contributed by atoms with van der Waals surface area (Å²) in [6.07, 6.45) is 0. The van der Waals surface area contributed by atoms with E-state index in [9.17, 15) is 5.26 Å². The van der Waals surface area contributed by atoms with E-state index in [1.54, 1.807) is 0 Å². The molecule has 0 aliphatic heterocycles. The number of fused-ring (bicyclic) bond motifs is 12. The Morgan fingerprint density at radius 2 is 0.733 bits per heavy atom. The molecule has 0 spiro atoms. The van der Waals surface area contributed by atoms with E-state index in [0.717, 1.165) is 82.8 Å². The summed E-state index contributed by atoms with van der Waals surface area (Å²) in [7, 11) is 0. The molecular weight excluding hydrogens is 749 g/mol. The minimum Gasteiger partial charge on any atom is -0.307 e. The Hall–Kier alpha value is -7.91. The third-order valence-corrected chi connectivity index (χ3v) is 13.6. The molecule has 0 unspecified atom stereocenters. The van der Waals surface area contributed by atoms with Crippen molar-refractivity contribution in [2.75, 3.05) is 0 Å². The van der Waals surface area contributed by atoms with Crippen LogP contribution < -0.4 is 0 Å². The van der Waals surface area contributed by atoms with Crippen LogP contribution in [0.15, 0.2) is 194 Å². The second-order valence-corrected chi connectivity index (χ2v) is 16.6. The van der Waals surface area contributed by atoms with E-state index in [1.807, 2.05) is 11.3 Å². The van der Waals surface area contributed by atoms with Gasteiger partial charge in [-0.25, -0.2) is 0 Å². The molecule has 0 N–H and O–H groups in total. The molecule has 13 rings (SSSR count). The molecular formula is C55H32N4S. The van der Waals surface area contributed by atoms with Crippen LogP contribution >= 0.6 is 11.3 Å². The normalized spacial score (nSPS) is 12.0. The van der Waals surface area contributed by atoms with Crippen LogP contribution in [0.3, 0.4) is 0 Å². The number of rotatable bonds is 4. The van der Waals surface area contributed by atoms with E-state index in [0.29, 0.717) is 5.56 Å². The zero-order chi connectivity index (χ0) is 39.5. The Balaban J connectivity index is 1.33. The van der Waals surface area contributed by atoms with Gasteiger partial charge in [0.05, 0.1) is 61.8 Å². The lowest BCUT2D eigenvalue weighted by Crippen LogP contribution is -2.12. The first-order valence-corrected chi connectivity index (χ1v) is 21.1. The average Bonchev–Trinajstić information content (AvgIpc) is 4.05. The van der Waals surface area contributed by atoms with Gasteiger partial charge in [0.25, 0.3) is 0 Å². The molecule has 0 bridgehead atoms. The Bertz CT molecular complexity index is 3820. The molecule has 0 amide bonds. The third-order valence-electron chi connectivity index (χ3n) is 12.5. The molecule has 4 aromatic heterocycles. The maximum atomic E-state index is 11.6. The summed E-state index contributed by atoms with van der Waals surface area (Å²) in [6.45, 7) is 0. The number of nitriles is 1. The van der Waals surface area contributed by atoms with Gasteiger partial charge in [-0.3, -0.25) is 0 Å². The SMILES string of the molecule is N#Cc1cc(-n2c3ccccc3c3ccccc32)c(-n2c3ccccc3c3ccccc32)c(-n2c3ccccc3c3ccccc32)c1-c1ccc2sc3ccccc3c2c1. The minimum atomic E-state index is 0.604. The molecule has 9 aromatic carbocycles. The second-order valence-electron chi connectivity index (χ2n) is 15.5. The molecule has 13 aromatic rings. The third kappa shape index (κ3) is 4.48. The van der Waals surface area contributed by atoms with Gasteiger partial charge in [-0.2, -0.15) is 5.26 Å². The van der Waals surface area contributed by atoms with Gasteiger partial charge in [-0.1, -0.05) is 133 Å². The highest BCUT2D eigenvalue weighted by molar-refractivity contribution is 7.25. The molecule has 0 saturated heterocycles. The highest BCUT2D eigenvalue weighted by atomic mass is 32.1. The molecule has 0 aliphatic carbocycles. The molecule has 0 fully saturated rings. The summed E-state index contributed by atoms with van der Waals surface area (Å²) >= 11 is 1.81. The Morgan fingerprint density at radius 1 is 0.350 bits per heavy atom. The second kappa shape index (κ2) is 12.5. The fraction of sp³-hybridized carbons (Fsp3) is 0. The van der Waals surface area contributed by atoms with Crippen LogP contribution in [0.2, 0.25) is 0 Å². The van der Waals surface area contributed by atoms with Gasteiger partial charge in [-0.05, 0) is 66.2 Å². The van der Waals surface area contributed by atoms with E-state index in [-0.39, 0.29) is 0 Å². The van der Waals surface area contributed by atoms with Crippen molar-refractivity contribution < 1.29 is 0 Å². The number of aromatic nitrogens is 3. The highest BCUT2D eigenvalue weighted by Gasteiger charge is 2.30. The predicted molar refractivity (Wildman–Crippen MR) is 252 cm³/mol. The Labute approximate surface area is 348 Å². The number of thiophene rings is 1. The number of benzene rings is 9. The summed E-state index contributed by atoms with van der Waals surface area (Å²) in [4.78, 5) is 0. The van der Waals surface area contributed by atoms with E-state index >= 15 is 0 Å². The van der Waals surface area contributed by atoms with E-state index in [1.165, 1.54) is 30.9 Å². The van der Waals surface area contributed by atoms with Crippen LogP contribution in [0.25, 0.3) is 114 Å². The van der Waals surface area contributed by atoms with Gasteiger partial charge in [0.15, 0.2) is 0 Å². The van der Waals surface area contributed by atoms with Crippen molar-refractivity contribution in [3.8, 4) is 34.3 Å². The molecule has 60 heavy (non-hydrogen) atoms. The summed E-state index contributed by atoms with van der Waals surface area (Å²) in [6, 6.07) is 72.5. The summed E-state index contributed by atoms with van der Waals surface area (Å²) in [5, 5.41) is 21.0. The molecule has 4 heterocycles. The Morgan fingerprint density at radius 3 is 1.20 bits per heavy atom. The summed E-state index contributed by atoms with van der Waals surface area (Å²) < 4.78 is 9.77. The van der Waals surface area contributed by atoms with Crippen LogP contribution in [-0.2, 0) is 0 Å². The van der Waals surface area contributed by atoms with Crippen molar-refractivity contribution in [1.82, 2.24) is 13.7 Å². The molecule has 0 radical (unpaired) electrons. The summed E-state index contributed by atoms with van der Waals surface area (Å²) in [5.74, 6) is 0. The van der Waals surface area contributed by atoms with Crippen molar-refractivity contribution in [3.63, 3.8) is 0 Å². The van der Waals surface area contributed by atoms with Crippen molar-refractivity contribution in [2.24, 2.45) is 0 Å². The van der Waals surface area contributed by atoms with Crippen LogP contribution in [0.4, 0.5) is 0 Å². The lowest BCUT2D eigenvalue weighted by Gasteiger charge is -2.26. The summed E-state index contributed by atoms with van der Waals surface area (Å²) in [5.41, 5.74) is 11.9. The van der Waals surface area contributed by atoms with Crippen LogP contribution in [0.5, 0.6) is 0 Å². The van der Waals surface area contributed by atoms with Crippen molar-refractivity contribution in [1.29, 1.82) is 5.26 Å². The van der Waals surface area contributed by atoms with Gasteiger partial charge >= 0.3 is 0 Å². The predicted octanol–water partition coefficient (Wildman–Crippen LogP) is 14.9. The maximum absolute atomic E-state index is 11.6. The zero-order valence-electron chi connectivity index (χ0n) is 32.2. The largest absolute Gasteiger partial charge is 0.307 e. The number of hydrogen-bond acceptors (Lipinski definition) is 2. The fourth-order valence-corrected chi connectivity index (χ4v) is 11.1. The minimum absolute atomic E-state index is 0.604. The van der Waals surface area contributed by atoms with E-state index < -0.39 is 0 Å².